The summed E-state index contributed by atoms with van der Waals surface area (Å²) in [6.45, 7) is 17.2. The number of hydrogen-bond donors (Lipinski definition) is 4. The van der Waals surface area contributed by atoms with Gasteiger partial charge in [0, 0.05) is 45.0 Å². The third-order valence-corrected chi connectivity index (χ3v) is 9.54. The Morgan fingerprint density at radius 3 is 0.889 bits per heavy atom. The van der Waals surface area contributed by atoms with Crippen molar-refractivity contribution in [1.29, 1.82) is 0 Å². The summed E-state index contributed by atoms with van der Waals surface area (Å²) >= 11 is 0. The van der Waals surface area contributed by atoms with Crippen LogP contribution in [-0.4, -0.2) is 0 Å². The molecule has 0 unspecified atom stereocenters. The van der Waals surface area contributed by atoms with Crippen molar-refractivity contribution in [2.75, 3.05) is 22.9 Å². The van der Waals surface area contributed by atoms with E-state index in [9.17, 15) is 0 Å². The third kappa shape index (κ3) is 6.22. The molecule has 4 rings (SSSR count). The Kier molecular flexibility index (Phi) is 10.7. The van der Waals surface area contributed by atoms with Crippen LogP contribution in [0.2, 0.25) is 0 Å². The second-order valence-corrected chi connectivity index (χ2v) is 12.0. The quantitative estimate of drug-likeness (QED) is 0.120. The molecule has 0 saturated heterocycles. The Morgan fingerprint density at radius 1 is 0.378 bits per heavy atom. The number of anilines is 4. The fourth-order valence-corrected chi connectivity index (χ4v) is 6.68. The molecule has 0 fully saturated rings. The molecule has 8 N–H and O–H groups in total. The van der Waals surface area contributed by atoms with E-state index in [-0.39, 0.29) is 0 Å². The summed E-state index contributed by atoms with van der Waals surface area (Å²) in [6.07, 6.45) is 6.56. The van der Waals surface area contributed by atoms with Crippen LogP contribution in [0.4, 0.5) is 22.7 Å². The van der Waals surface area contributed by atoms with Gasteiger partial charge in [-0.2, -0.15) is 0 Å². The molecule has 0 amide bonds. The molecular formula is C40H54N4O. The van der Waals surface area contributed by atoms with E-state index >= 15 is 0 Å². The van der Waals surface area contributed by atoms with Gasteiger partial charge in [0.25, 0.3) is 0 Å². The molecule has 5 nitrogen and oxygen atoms in total. The van der Waals surface area contributed by atoms with E-state index in [4.69, 9.17) is 27.7 Å². The molecule has 0 aromatic heterocycles. The number of nitrogens with two attached hydrogens (primary N) is 4. The molecule has 0 saturated carbocycles. The van der Waals surface area contributed by atoms with Gasteiger partial charge in [0.2, 0.25) is 0 Å². The standard InChI is InChI=1S/C40H54N4O/c1-9-23-17-29(18-24(10-2)35(23)41)33-21-27(13-5)37(43)31(15-7)39(33)45-40-32(16-8)38(44)28(14-6)22-34(40)30-19-25(11-3)36(42)26(12-4)20-30/h17-22H,9-16,41-44H2,1-8H3. The van der Waals surface area contributed by atoms with E-state index in [2.05, 4.69) is 91.8 Å². The number of benzene rings is 4. The lowest BCUT2D eigenvalue weighted by molar-refractivity contribution is 0.475. The summed E-state index contributed by atoms with van der Waals surface area (Å²) in [5.41, 5.74) is 43.5. The predicted molar refractivity (Wildman–Crippen MR) is 197 cm³/mol. The highest BCUT2D eigenvalue weighted by Crippen LogP contribution is 2.48. The minimum Gasteiger partial charge on any atom is -0.455 e. The summed E-state index contributed by atoms with van der Waals surface area (Å²) in [6, 6.07) is 13.3. The van der Waals surface area contributed by atoms with E-state index in [1.165, 1.54) is 0 Å². The Morgan fingerprint density at radius 2 is 0.644 bits per heavy atom. The van der Waals surface area contributed by atoms with Crippen LogP contribution in [0.5, 0.6) is 11.5 Å². The topological polar surface area (TPSA) is 113 Å². The first-order valence-electron chi connectivity index (χ1n) is 17.0. The molecule has 0 aliphatic carbocycles. The van der Waals surface area contributed by atoms with Crippen molar-refractivity contribution in [2.45, 2.75) is 107 Å². The number of nitrogen functional groups attached to an aromatic ring is 4. The Balaban J connectivity index is 2.13. The molecular weight excluding hydrogens is 552 g/mol. The fourth-order valence-electron chi connectivity index (χ4n) is 6.68. The van der Waals surface area contributed by atoms with Crippen molar-refractivity contribution in [3.05, 3.63) is 80.9 Å². The van der Waals surface area contributed by atoms with Crippen molar-refractivity contribution in [2.24, 2.45) is 0 Å². The minimum atomic E-state index is 0.736. The maximum atomic E-state index is 7.29. The van der Waals surface area contributed by atoms with Gasteiger partial charge < -0.3 is 27.7 Å². The average Bonchev–Trinajstić information content (AvgIpc) is 3.05. The average molecular weight is 607 g/mol. The zero-order valence-corrected chi connectivity index (χ0v) is 28.8. The second-order valence-electron chi connectivity index (χ2n) is 12.0. The highest BCUT2D eigenvalue weighted by molar-refractivity contribution is 5.85. The second kappa shape index (κ2) is 14.3. The molecule has 4 aromatic rings. The first-order chi connectivity index (χ1) is 21.6. The predicted octanol–water partition coefficient (Wildman–Crippen LogP) is 9.64. The van der Waals surface area contributed by atoms with Crippen molar-refractivity contribution >= 4 is 22.7 Å². The van der Waals surface area contributed by atoms with Gasteiger partial charge in [0.1, 0.15) is 11.5 Å². The zero-order valence-electron chi connectivity index (χ0n) is 28.8. The van der Waals surface area contributed by atoms with Crippen molar-refractivity contribution in [3.63, 3.8) is 0 Å². The van der Waals surface area contributed by atoms with Crippen LogP contribution in [-0.2, 0) is 51.4 Å². The molecule has 0 heterocycles. The Labute approximate surface area is 271 Å². The van der Waals surface area contributed by atoms with Gasteiger partial charge in [-0.3, -0.25) is 0 Å². The first kappa shape index (κ1) is 33.8. The van der Waals surface area contributed by atoms with Gasteiger partial charge in [-0.25, -0.2) is 0 Å². The van der Waals surface area contributed by atoms with Crippen LogP contribution in [0.25, 0.3) is 22.3 Å². The molecule has 4 aromatic carbocycles. The molecule has 0 bridgehead atoms. The fraction of sp³-hybridized carbons (Fsp3) is 0.400. The van der Waals surface area contributed by atoms with Gasteiger partial charge in [0.15, 0.2) is 0 Å². The maximum Gasteiger partial charge on any atom is 0.140 e. The van der Waals surface area contributed by atoms with Gasteiger partial charge in [-0.05, 0) is 132 Å². The highest BCUT2D eigenvalue weighted by Gasteiger charge is 2.24. The maximum absolute atomic E-state index is 7.29. The molecule has 0 aliphatic heterocycles. The Bertz CT molecular complexity index is 1530. The smallest absolute Gasteiger partial charge is 0.140 e. The zero-order chi connectivity index (χ0) is 33.0. The molecule has 0 radical (unpaired) electrons. The van der Waals surface area contributed by atoms with Crippen LogP contribution in [0.1, 0.15) is 99.9 Å². The first-order valence-corrected chi connectivity index (χ1v) is 17.0. The molecule has 240 valence electrons. The monoisotopic (exact) mass is 606 g/mol. The number of aryl methyl sites for hydroxylation is 6. The minimum absolute atomic E-state index is 0.736. The number of ether oxygens (including phenoxy) is 1. The largest absolute Gasteiger partial charge is 0.455 e. The van der Waals surface area contributed by atoms with E-state index in [1.54, 1.807) is 0 Å². The van der Waals surface area contributed by atoms with Crippen molar-refractivity contribution in [1.82, 2.24) is 0 Å². The van der Waals surface area contributed by atoms with Gasteiger partial charge in [0.05, 0.1) is 0 Å². The molecule has 0 atom stereocenters. The van der Waals surface area contributed by atoms with Crippen LogP contribution < -0.4 is 27.7 Å². The van der Waals surface area contributed by atoms with E-state index in [0.717, 1.165) is 152 Å². The summed E-state index contributed by atoms with van der Waals surface area (Å²) < 4.78 is 7.29. The van der Waals surface area contributed by atoms with Gasteiger partial charge >= 0.3 is 0 Å². The van der Waals surface area contributed by atoms with Crippen LogP contribution in [0.15, 0.2) is 36.4 Å². The van der Waals surface area contributed by atoms with Crippen molar-refractivity contribution < 1.29 is 4.74 Å². The van der Waals surface area contributed by atoms with E-state index in [1.807, 2.05) is 0 Å². The lowest BCUT2D eigenvalue weighted by Crippen LogP contribution is -2.08. The highest BCUT2D eigenvalue weighted by atomic mass is 16.5. The Hall–Kier alpha value is -4.12. The van der Waals surface area contributed by atoms with Gasteiger partial charge in [-0.15, -0.1) is 0 Å². The molecule has 0 spiro atoms. The van der Waals surface area contributed by atoms with Crippen LogP contribution >= 0.6 is 0 Å². The SMILES string of the molecule is CCc1cc(-c2cc(CC)c(N)c(CC)c2Oc2c(-c3cc(CC)c(N)c(CC)c3)cc(CC)c(N)c2CC)cc(CC)c1N. The summed E-state index contributed by atoms with van der Waals surface area (Å²) in [7, 11) is 0. The number of hydrogen-bond acceptors (Lipinski definition) is 5. The summed E-state index contributed by atoms with van der Waals surface area (Å²) in [4.78, 5) is 0. The normalized spacial score (nSPS) is 11.3. The summed E-state index contributed by atoms with van der Waals surface area (Å²) in [5, 5.41) is 0. The lowest BCUT2D eigenvalue weighted by Gasteiger charge is -2.25. The molecule has 45 heavy (non-hydrogen) atoms. The van der Waals surface area contributed by atoms with Crippen molar-refractivity contribution in [3.8, 4) is 33.8 Å². The number of rotatable bonds is 12. The molecule has 0 aliphatic rings. The lowest BCUT2D eigenvalue weighted by atomic mass is 9.89. The van der Waals surface area contributed by atoms with Crippen LogP contribution in [0, 0.1) is 0 Å². The van der Waals surface area contributed by atoms with Crippen LogP contribution in [0.3, 0.4) is 0 Å². The summed E-state index contributed by atoms with van der Waals surface area (Å²) in [5.74, 6) is 1.59. The van der Waals surface area contributed by atoms with Gasteiger partial charge in [-0.1, -0.05) is 55.4 Å². The molecule has 5 heteroatoms. The van der Waals surface area contributed by atoms with E-state index in [0.29, 0.717) is 0 Å². The third-order valence-electron chi connectivity index (χ3n) is 9.54. The van der Waals surface area contributed by atoms with E-state index < -0.39 is 0 Å².